The number of nitriles is 1. The van der Waals surface area contributed by atoms with Crippen LogP contribution in [0.5, 0.6) is 0 Å². The molecule has 0 spiro atoms. The van der Waals surface area contributed by atoms with Crippen molar-refractivity contribution in [1.29, 1.82) is 5.26 Å². The number of rotatable bonds is 2. The number of nitrogens with one attached hydrogen (secondary N) is 1. The number of hydrogen-bond acceptors (Lipinski definition) is 3. The predicted molar refractivity (Wildman–Crippen MR) is 86.7 cm³/mol. The van der Waals surface area contributed by atoms with Crippen LogP contribution in [0, 0.1) is 11.3 Å². The molecule has 6 nitrogen and oxygen atoms in total. The van der Waals surface area contributed by atoms with Crippen molar-refractivity contribution < 1.29 is 4.79 Å². The Balaban J connectivity index is 1.72. The summed E-state index contributed by atoms with van der Waals surface area (Å²) in [5.41, 5.74) is 3.17. The SMILES string of the molecule is N#CCC(=O)N1CCCC(n2cnc3ccc4[nH]ccc4c32)C1. The highest BCUT2D eigenvalue weighted by Crippen LogP contribution is 2.30. The Morgan fingerprint density at radius 1 is 1.43 bits per heavy atom. The second kappa shape index (κ2) is 5.43. The number of nitrogens with zero attached hydrogens (tertiary/aromatic N) is 4. The van der Waals surface area contributed by atoms with Crippen molar-refractivity contribution >= 4 is 27.8 Å². The van der Waals surface area contributed by atoms with Crippen LogP contribution in [0.3, 0.4) is 0 Å². The molecule has 1 aliphatic rings. The largest absolute Gasteiger partial charge is 0.361 e. The topological polar surface area (TPSA) is 77.7 Å². The van der Waals surface area contributed by atoms with Crippen molar-refractivity contribution in [3.63, 3.8) is 0 Å². The molecule has 6 heteroatoms. The van der Waals surface area contributed by atoms with Crippen LogP contribution >= 0.6 is 0 Å². The van der Waals surface area contributed by atoms with E-state index < -0.39 is 0 Å². The Kier molecular flexibility index (Phi) is 3.27. The van der Waals surface area contributed by atoms with Crippen LogP contribution in [0.1, 0.15) is 25.3 Å². The number of aromatic nitrogens is 3. The molecule has 23 heavy (non-hydrogen) atoms. The normalized spacial score (nSPS) is 18.4. The number of carbonyl (C=O) groups excluding carboxylic acids is 1. The van der Waals surface area contributed by atoms with Crippen LogP contribution in [0.4, 0.5) is 0 Å². The van der Waals surface area contributed by atoms with Crippen molar-refractivity contribution in [3.05, 3.63) is 30.7 Å². The lowest BCUT2D eigenvalue weighted by Crippen LogP contribution is -2.40. The molecule has 0 bridgehead atoms. The molecule has 3 aromatic rings. The monoisotopic (exact) mass is 307 g/mol. The number of fused-ring (bicyclic) bond motifs is 3. The van der Waals surface area contributed by atoms with Gasteiger partial charge >= 0.3 is 0 Å². The molecule has 1 atom stereocenters. The van der Waals surface area contributed by atoms with Crippen molar-refractivity contribution in [3.8, 4) is 6.07 Å². The zero-order valence-electron chi connectivity index (χ0n) is 12.7. The first-order valence-corrected chi connectivity index (χ1v) is 7.85. The highest BCUT2D eigenvalue weighted by Gasteiger charge is 2.26. The van der Waals surface area contributed by atoms with Gasteiger partial charge in [-0.05, 0) is 31.0 Å². The number of likely N-dealkylation sites (tertiary alicyclic amines) is 1. The van der Waals surface area contributed by atoms with Crippen molar-refractivity contribution in [2.45, 2.75) is 25.3 Å². The molecule has 0 aliphatic carbocycles. The first kappa shape index (κ1) is 13.8. The van der Waals surface area contributed by atoms with Gasteiger partial charge in [-0.3, -0.25) is 4.79 Å². The molecule has 0 radical (unpaired) electrons. The minimum Gasteiger partial charge on any atom is -0.361 e. The third-order valence-electron chi connectivity index (χ3n) is 4.64. The van der Waals surface area contributed by atoms with Crippen LogP contribution in [0.2, 0.25) is 0 Å². The molecule has 116 valence electrons. The molecular weight excluding hydrogens is 290 g/mol. The Labute approximate surface area is 133 Å². The fourth-order valence-corrected chi connectivity index (χ4v) is 3.53. The molecule has 1 unspecified atom stereocenters. The molecular formula is C17H17N5O. The second-order valence-corrected chi connectivity index (χ2v) is 5.99. The van der Waals surface area contributed by atoms with E-state index >= 15 is 0 Å². The number of imidazole rings is 1. The van der Waals surface area contributed by atoms with E-state index in [-0.39, 0.29) is 18.4 Å². The molecule has 4 rings (SSSR count). The molecule has 1 aromatic carbocycles. The number of amides is 1. The summed E-state index contributed by atoms with van der Waals surface area (Å²) in [6.07, 6.45) is 5.73. The van der Waals surface area contributed by atoms with E-state index in [1.165, 1.54) is 0 Å². The van der Waals surface area contributed by atoms with E-state index in [1.807, 2.05) is 30.7 Å². The minimum absolute atomic E-state index is 0.0422. The van der Waals surface area contributed by atoms with Crippen LogP contribution in [0.15, 0.2) is 30.7 Å². The maximum absolute atomic E-state index is 12.0. The summed E-state index contributed by atoms with van der Waals surface area (Å²) < 4.78 is 2.19. The fraction of sp³-hybridized carbons (Fsp3) is 0.353. The first-order chi connectivity index (χ1) is 11.3. The molecule has 1 amide bonds. The van der Waals surface area contributed by atoms with Gasteiger partial charge in [0.15, 0.2) is 0 Å². The number of piperidine rings is 1. The Bertz CT molecular complexity index is 916. The number of hydrogen-bond donors (Lipinski definition) is 1. The van der Waals surface area contributed by atoms with Crippen LogP contribution in [-0.2, 0) is 4.79 Å². The number of aromatic amines is 1. The summed E-state index contributed by atoms with van der Waals surface area (Å²) in [5.74, 6) is -0.0755. The molecule has 1 N–H and O–H groups in total. The average Bonchev–Trinajstić information content (AvgIpc) is 3.21. The first-order valence-electron chi connectivity index (χ1n) is 7.85. The van der Waals surface area contributed by atoms with Gasteiger partial charge < -0.3 is 14.5 Å². The summed E-state index contributed by atoms with van der Waals surface area (Å²) in [5, 5.41) is 9.89. The molecule has 2 aromatic heterocycles. The number of carbonyl (C=O) groups is 1. The predicted octanol–water partition coefficient (Wildman–Crippen LogP) is 2.59. The molecule has 0 saturated carbocycles. The second-order valence-electron chi connectivity index (χ2n) is 5.99. The van der Waals surface area contributed by atoms with Gasteiger partial charge in [0.2, 0.25) is 5.91 Å². The quantitative estimate of drug-likeness (QED) is 0.790. The zero-order chi connectivity index (χ0) is 15.8. The van der Waals surface area contributed by atoms with Gasteiger partial charge in [-0.2, -0.15) is 5.26 Å². The number of H-pyrrole nitrogens is 1. The Morgan fingerprint density at radius 3 is 3.22 bits per heavy atom. The Morgan fingerprint density at radius 2 is 2.35 bits per heavy atom. The summed E-state index contributed by atoms with van der Waals surface area (Å²) in [6, 6.07) is 8.28. The third-order valence-corrected chi connectivity index (χ3v) is 4.64. The molecule has 1 aliphatic heterocycles. The number of benzene rings is 1. The Hall–Kier alpha value is -2.81. The lowest BCUT2D eigenvalue weighted by atomic mass is 10.0. The van der Waals surface area contributed by atoms with Crippen LogP contribution in [-0.4, -0.2) is 38.4 Å². The van der Waals surface area contributed by atoms with Gasteiger partial charge in [0.25, 0.3) is 0 Å². The van der Waals surface area contributed by atoms with E-state index in [9.17, 15) is 4.79 Å². The average molecular weight is 307 g/mol. The van der Waals surface area contributed by atoms with Gasteiger partial charge in [-0.1, -0.05) is 0 Å². The van der Waals surface area contributed by atoms with Crippen molar-refractivity contribution in [2.24, 2.45) is 0 Å². The van der Waals surface area contributed by atoms with Crippen LogP contribution in [0.25, 0.3) is 21.9 Å². The van der Waals surface area contributed by atoms with Gasteiger partial charge in [0, 0.05) is 30.2 Å². The van der Waals surface area contributed by atoms with Crippen LogP contribution < -0.4 is 0 Å². The van der Waals surface area contributed by atoms with E-state index in [2.05, 4.69) is 20.6 Å². The summed E-state index contributed by atoms with van der Waals surface area (Å²) in [7, 11) is 0. The standard InChI is InChI=1S/C17H17N5O/c18-7-5-16(23)21-9-1-2-12(10-21)22-11-20-15-4-3-14-13(17(15)22)6-8-19-14/h3-4,6,8,11-12,19H,1-2,5,9-10H2. The fourth-order valence-electron chi connectivity index (χ4n) is 3.53. The summed E-state index contributed by atoms with van der Waals surface area (Å²) >= 11 is 0. The zero-order valence-corrected chi connectivity index (χ0v) is 12.7. The molecule has 1 saturated heterocycles. The summed E-state index contributed by atoms with van der Waals surface area (Å²) in [6.45, 7) is 1.38. The minimum atomic E-state index is -0.0755. The van der Waals surface area contributed by atoms with Gasteiger partial charge in [-0.25, -0.2) is 4.98 Å². The molecule has 1 fully saturated rings. The maximum atomic E-state index is 12.0. The van der Waals surface area contributed by atoms with Gasteiger partial charge in [0.05, 0.1) is 29.5 Å². The van der Waals surface area contributed by atoms with E-state index in [4.69, 9.17) is 5.26 Å². The van der Waals surface area contributed by atoms with E-state index in [0.717, 1.165) is 41.3 Å². The lowest BCUT2D eigenvalue weighted by molar-refractivity contribution is -0.131. The van der Waals surface area contributed by atoms with Crippen molar-refractivity contribution in [1.82, 2.24) is 19.4 Å². The van der Waals surface area contributed by atoms with Gasteiger partial charge in [0.1, 0.15) is 6.42 Å². The molecule has 3 heterocycles. The maximum Gasteiger partial charge on any atom is 0.236 e. The smallest absolute Gasteiger partial charge is 0.236 e. The lowest BCUT2D eigenvalue weighted by Gasteiger charge is -2.33. The summed E-state index contributed by atoms with van der Waals surface area (Å²) in [4.78, 5) is 21.6. The highest BCUT2D eigenvalue weighted by molar-refractivity contribution is 6.03. The van der Waals surface area contributed by atoms with E-state index in [1.54, 1.807) is 4.90 Å². The van der Waals surface area contributed by atoms with Crippen molar-refractivity contribution in [2.75, 3.05) is 13.1 Å². The third kappa shape index (κ3) is 2.25. The van der Waals surface area contributed by atoms with Gasteiger partial charge in [-0.15, -0.1) is 0 Å². The highest BCUT2D eigenvalue weighted by atomic mass is 16.2. The van der Waals surface area contributed by atoms with E-state index in [0.29, 0.717) is 6.54 Å².